The summed E-state index contributed by atoms with van der Waals surface area (Å²) in [5.74, 6) is -0.815. The fraction of sp³-hybridized carbons (Fsp3) is 0.167. The zero-order chi connectivity index (χ0) is 21.9. The number of carbonyl (C=O) groups excluding carboxylic acids is 1. The third kappa shape index (κ3) is 4.95. The van der Waals surface area contributed by atoms with Gasteiger partial charge in [0.05, 0.1) is 21.9 Å². The van der Waals surface area contributed by atoms with Crippen molar-refractivity contribution in [2.45, 2.75) is 18.3 Å². The number of non-ortho nitro benzene ring substituents is 1. The van der Waals surface area contributed by atoms with E-state index in [1.165, 1.54) is 0 Å². The SMILES string of the molecule is Cc1ccccc1-c1nnc(SCC(=O)Nc2ccc([N+](=O)[O-])cc2C(F)(F)F)o1. The highest BCUT2D eigenvalue weighted by Gasteiger charge is 2.35. The van der Waals surface area contributed by atoms with Crippen LogP contribution in [0.5, 0.6) is 0 Å². The van der Waals surface area contributed by atoms with Gasteiger partial charge in [-0.3, -0.25) is 14.9 Å². The summed E-state index contributed by atoms with van der Waals surface area (Å²) in [7, 11) is 0. The van der Waals surface area contributed by atoms with E-state index in [0.717, 1.165) is 35.0 Å². The molecule has 30 heavy (non-hydrogen) atoms. The Morgan fingerprint density at radius 2 is 1.97 bits per heavy atom. The van der Waals surface area contributed by atoms with Gasteiger partial charge in [-0.05, 0) is 24.6 Å². The van der Waals surface area contributed by atoms with E-state index in [0.29, 0.717) is 6.07 Å². The third-order valence-corrected chi connectivity index (χ3v) is 4.72. The van der Waals surface area contributed by atoms with Crippen molar-refractivity contribution in [1.29, 1.82) is 0 Å². The maximum atomic E-state index is 13.2. The minimum Gasteiger partial charge on any atom is -0.411 e. The number of alkyl halides is 3. The Bertz CT molecular complexity index is 1100. The molecule has 0 aliphatic rings. The van der Waals surface area contributed by atoms with Gasteiger partial charge in [-0.25, -0.2) is 0 Å². The summed E-state index contributed by atoms with van der Waals surface area (Å²) < 4.78 is 45.0. The minimum atomic E-state index is -4.88. The molecule has 2 aromatic carbocycles. The Hall–Kier alpha value is -3.41. The zero-order valence-corrected chi connectivity index (χ0v) is 16.1. The van der Waals surface area contributed by atoms with Crippen LogP contribution in [0.25, 0.3) is 11.5 Å². The number of aromatic nitrogens is 2. The lowest BCUT2D eigenvalue weighted by Gasteiger charge is -2.13. The van der Waals surface area contributed by atoms with Crippen molar-refractivity contribution in [2.75, 3.05) is 11.1 Å². The van der Waals surface area contributed by atoms with Crippen LogP contribution in [0.15, 0.2) is 52.1 Å². The minimum absolute atomic E-state index is 0.0724. The second-order valence-electron chi connectivity index (χ2n) is 6.01. The molecule has 0 bridgehead atoms. The highest BCUT2D eigenvalue weighted by molar-refractivity contribution is 7.99. The zero-order valence-electron chi connectivity index (χ0n) is 15.3. The number of anilines is 1. The van der Waals surface area contributed by atoms with Crippen LogP contribution in [0.3, 0.4) is 0 Å². The smallest absolute Gasteiger partial charge is 0.411 e. The molecule has 1 heterocycles. The molecule has 0 radical (unpaired) electrons. The molecule has 0 aliphatic heterocycles. The number of amides is 1. The van der Waals surface area contributed by atoms with Gasteiger partial charge in [0.25, 0.3) is 10.9 Å². The molecule has 0 unspecified atom stereocenters. The number of nitrogens with one attached hydrogen (secondary N) is 1. The van der Waals surface area contributed by atoms with Crippen molar-refractivity contribution in [2.24, 2.45) is 0 Å². The number of carbonyl (C=O) groups is 1. The van der Waals surface area contributed by atoms with E-state index in [1.54, 1.807) is 12.1 Å². The fourth-order valence-electron chi connectivity index (χ4n) is 2.49. The van der Waals surface area contributed by atoms with Crippen LogP contribution in [-0.4, -0.2) is 26.8 Å². The molecule has 8 nitrogen and oxygen atoms in total. The van der Waals surface area contributed by atoms with E-state index in [-0.39, 0.29) is 16.9 Å². The highest BCUT2D eigenvalue weighted by atomic mass is 32.2. The quantitative estimate of drug-likeness (QED) is 0.337. The Morgan fingerprint density at radius 3 is 2.63 bits per heavy atom. The van der Waals surface area contributed by atoms with Crippen molar-refractivity contribution in [3.63, 3.8) is 0 Å². The lowest BCUT2D eigenvalue weighted by atomic mass is 10.1. The van der Waals surface area contributed by atoms with Crippen molar-refractivity contribution in [1.82, 2.24) is 10.2 Å². The van der Waals surface area contributed by atoms with Gasteiger partial charge in [0, 0.05) is 17.7 Å². The molecule has 12 heteroatoms. The number of benzene rings is 2. The molecule has 0 fully saturated rings. The first-order chi connectivity index (χ1) is 14.1. The number of halogens is 3. The van der Waals surface area contributed by atoms with Crippen LogP contribution < -0.4 is 5.32 Å². The number of hydrogen-bond acceptors (Lipinski definition) is 7. The molecule has 1 amide bonds. The second kappa shape index (κ2) is 8.53. The van der Waals surface area contributed by atoms with E-state index in [9.17, 15) is 28.1 Å². The van der Waals surface area contributed by atoms with Gasteiger partial charge >= 0.3 is 6.18 Å². The first kappa shape index (κ1) is 21.3. The number of nitro benzene ring substituents is 1. The summed E-state index contributed by atoms with van der Waals surface area (Å²) in [6.07, 6.45) is -4.88. The highest BCUT2D eigenvalue weighted by Crippen LogP contribution is 2.37. The van der Waals surface area contributed by atoms with Gasteiger partial charge in [0.2, 0.25) is 11.8 Å². The second-order valence-corrected chi connectivity index (χ2v) is 6.94. The van der Waals surface area contributed by atoms with Gasteiger partial charge in [0.1, 0.15) is 0 Å². The van der Waals surface area contributed by atoms with Gasteiger partial charge in [0.15, 0.2) is 0 Å². The summed E-state index contributed by atoms with van der Waals surface area (Å²) in [4.78, 5) is 21.9. The third-order valence-electron chi connectivity index (χ3n) is 3.90. The Balaban J connectivity index is 1.68. The van der Waals surface area contributed by atoms with Crippen molar-refractivity contribution < 1.29 is 27.3 Å². The van der Waals surface area contributed by atoms with Crippen LogP contribution in [0.2, 0.25) is 0 Å². The molecule has 3 rings (SSSR count). The largest absolute Gasteiger partial charge is 0.418 e. The van der Waals surface area contributed by atoms with Crippen LogP contribution in [0, 0.1) is 17.0 Å². The number of nitrogens with zero attached hydrogens (tertiary/aromatic N) is 3. The first-order valence-corrected chi connectivity index (χ1v) is 9.31. The topological polar surface area (TPSA) is 111 Å². The van der Waals surface area contributed by atoms with Crippen LogP contribution in [0.1, 0.15) is 11.1 Å². The predicted molar refractivity (Wildman–Crippen MR) is 102 cm³/mol. The van der Waals surface area contributed by atoms with Crippen molar-refractivity contribution >= 4 is 29.0 Å². The molecular formula is C18H13F3N4O4S. The lowest BCUT2D eigenvalue weighted by Crippen LogP contribution is -2.18. The maximum absolute atomic E-state index is 13.2. The molecule has 0 saturated heterocycles. The number of hydrogen-bond donors (Lipinski definition) is 1. The van der Waals surface area contributed by atoms with E-state index < -0.39 is 33.9 Å². The average molecular weight is 438 g/mol. The number of nitro groups is 1. The van der Waals surface area contributed by atoms with Crippen LogP contribution in [0.4, 0.5) is 24.5 Å². The van der Waals surface area contributed by atoms with E-state index >= 15 is 0 Å². The average Bonchev–Trinajstić information content (AvgIpc) is 3.15. The Morgan fingerprint density at radius 1 is 1.23 bits per heavy atom. The summed E-state index contributed by atoms with van der Waals surface area (Å²) in [6, 6.07) is 9.39. The van der Waals surface area contributed by atoms with Crippen molar-refractivity contribution in [3.05, 3.63) is 63.7 Å². The summed E-state index contributed by atoms with van der Waals surface area (Å²) in [5, 5.41) is 20.6. The normalized spacial score (nSPS) is 11.3. The molecule has 156 valence electrons. The number of thioether (sulfide) groups is 1. The first-order valence-electron chi connectivity index (χ1n) is 8.33. The van der Waals surface area contributed by atoms with Crippen molar-refractivity contribution in [3.8, 4) is 11.5 Å². The molecule has 0 atom stereocenters. The monoisotopic (exact) mass is 438 g/mol. The van der Waals surface area contributed by atoms with Gasteiger partial charge in [-0.2, -0.15) is 13.2 Å². The molecule has 0 saturated carbocycles. The summed E-state index contributed by atoms with van der Waals surface area (Å²) in [5.41, 5.74) is -0.987. The Labute approximate surface area is 171 Å². The van der Waals surface area contributed by atoms with E-state index in [2.05, 4.69) is 15.5 Å². The van der Waals surface area contributed by atoms with Gasteiger partial charge < -0.3 is 9.73 Å². The van der Waals surface area contributed by atoms with E-state index in [4.69, 9.17) is 4.42 Å². The van der Waals surface area contributed by atoms with Gasteiger partial charge in [-0.15, -0.1) is 10.2 Å². The molecule has 0 spiro atoms. The standard InChI is InChI=1S/C18H13F3N4O4S/c1-10-4-2-3-5-12(10)16-23-24-17(29-16)30-9-15(26)22-14-7-6-11(25(27)28)8-13(14)18(19,20)21/h2-8H,9H2,1H3,(H,22,26). The van der Waals surface area contributed by atoms with Crippen LogP contribution in [-0.2, 0) is 11.0 Å². The van der Waals surface area contributed by atoms with Gasteiger partial charge in [-0.1, -0.05) is 30.0 Å². The fourth-order valence-corrected chi connectivity index (χ4v) is 3.06. The number of aryl methyl sites for hydroxylation is 1. The summed E-state index contributed by atoms with van der Waals surface area (Å²) in [6.45, 7) is 1.86. The van der Waals surface area contributed by atoms with E-state index in [1.807, 2.05) is 19.1 Å². The molecular weight excluding hydrogens is 425 g/mol. The maximum Gasteiger partial charge on any atom is 0.418 e. The molecule has 0 aliphatic carbocycles. The predicted octanol–water partition coefficient (Wildman–Crippen LogP) is 4.70. The van der Waals surface area contributed by atoms with Crippen LogP contribution >= 0.6 is 11.8 Å². The molecule has 3 aromatic rings. The number of rotatable bonds is 6. The summed E-state index contributed by atoms with van der Waals surface area (Å²) >= 11 is 0.849. The molecule has 1 aromatic heterocycles. The Kier molecular flexibility index (Phi) is 6.06. The molecule has 1 N–H and O–H groups in total. The lowest BCUT2D eigenvalue weighted by molar-refractivity contribution is -0.385.